The number of aliphatic hydroxyl groups excluding tert-OH is 8. The van der Waals surface area contributed by atoms with Crippen LogP contribution in [-0.2, 0) is 54.2 Å². The Hall–Kier alpha value is -10.6. The SMILES string of the molecule is CCCCOc1cc(O)c2c(c1)C(C(=O)O)NC(=O)C1NC(=O)C(NC(=O)C3NC(=O)C4NC(=O)C(Cc5ccc(c(Cl)c5)Oc5cc3cc(c5O)Oc3ccc(cc3Cl)C1O)NC(=O)C(N)c1ccc(O[C@@H]3O[C@H](CO[C@@H]5O[C@H](CO)[C@H](O)[C@H](O)[C@H]5O)[C@H](O)[C@H](O)[C@H]3O)c(c1)Oc1cc(O)cc4c1)c1cc(Cl)c(O)c-2c1. The summed E-state index contributed by atoms with van der Waals surface area (Å²) in [6.07, 6.45) is -20.0. The van der Waals surface area contributed by atoms with Gasteiger partial charge in [0.25, 0.3) is 0 Å². The first-order valence-corrected chi connectivity index (χ1v) is 35.8. The van der Waals surface area contributed by atoms with Gasteiger partial charge in [0.1, 0.15) is 131 Å². The molecule has 18 atom stereocenters. The smallest absolute Gasteiger partial charge is 0.330 e. The molecule has 38 heteroatoms. The molecule has 2 saturated heterocycles. The summed E-state index contributed by atoms with van der Waals surface area (Å²) in [4.78, 5) is 106. The molecule has 17 bridgehead atoms. The van der Waals surface area contributed by atoms with E-state index < -0.39 is 255 Å². The predicted octanol–water partition coefficient (Wildman–Crippen LogP) is 2.41. The number of carbonyl (C=O) groups excluding carboxylic acids is 6. The van der Waals surface area contributed by atoms with Crippen LogP contribution in [0, 0.1) is 0 Å². The number of halogens is 3. The summed E-state index contributed by atoms with van der Waals surface area (Å²) in [5.74, 6) is -15.8. The summed E-state index contributed by atoms with van der Waals surface area (Å²) < 4.78 is 47.8. The molecule has 0 saturated carbocycles. The number of nitrogens with one attached hydrogen (secondary N) is 6. The van der Waals surface area contributed by atoms with Crippen LogP contribution in [0.25, 0.3) is 11.1 Å². The van der Waals surface area contributed by atoms with Crippen molar-refractivity contribution in [1.82, 2.24) is 31.9 Å². The number of phenolic OH excluding ortho intramolecular Hbond substituents is 4. The largest absolute Gasteiger partial charge is 0.508 e. The van der Waals surface area contributed by atoms with Crippen molar-refractivity contribution in [3.8, 4) is 80.1 Å². The Bertz CT molecular complexity index is 4890. The number of carboxylic acid groups (broad SMARTS) is 1. The van der Waals surface area contributed by atoms with E-state index in [1.54, 1.807) is 0 Å². The van der Waals surface area contributed by atoms with Crippen molar-refractivity contribution in [3.63, 3.8) is 0 Å². The number of carbonyl (C=O) groups is 7. The van der Waals surface area contributed by atoms with Gasteiger partial charge in [-0.25, -0.2) is 4.79 Å². The molecule has 7 aromatic rings. The van der Waals surface area contributed by atoms with Crippen LogP contribution in [0.4, 0.5) is 0 Å². The van der Waals surface area contributed by atoms with Crippen molar-refractivity contribution in [1.29, 1.82) is 0 Å². The van der Waals surface area contributed by atoms with Crippen molar-refractivity contribution in [2.45, 2.75) is 136 Å². The van der Waals surface area contributed by atoms with Crippen LogP contribution in [0.2, 0.25) is 15.1 Å². The Morgan fingerprint density at radius 1 is 0.545 bits per heavy atom. The molecule has 6 amide bonds. The molecular weight excluding hydrogens is 1540 g/mol. The quantitative estimate of drug-likeness (QED) is 0.0827. The maximum Gasteiger partial charge on any atom is 0.330 e. The van der Waals surface area contributed by atoms with Gasteiger partial charge in [0.15, 0.2) is 35.3 Å². The molecule has 0 aromatic heterocycles. The van der Waals surface area contributed by atoms with Crippen molar-refractivity contribution in [3.05, 3.63) is 163 Å². The number of carboxylic acids is 1. The number of hydrogen-bond acceptors (Lipinski definition) is 28. The Balaban J connectivity index is 0.946. The van der Waals surface area contributed by atoms with Crippen LogP contribution < -0.4 is 61.3 Å². The first-order valence-electron chi connectivity index (χ1n) is 34.6. The topological polar surface area (TPSA) is 555 Å². The molecule has 592 valence electrons. The zero-order valence-electron chi connectivity index (χ0n) is 58.2. The second-order valence-corrected chi connectivity index (χ2v) is 28.3. The minimum absolute atomic E-state index is 0.0565. The lowest BCUT2D eigenvalue weighted by Crippen LogP contribution is -2.62. The zero-order chi connectivity index (χ0) is 80.2. The molecule has 7 aromatic carbocycles. The summed E-state index contributed by atoms with van der Waals surface area (Å²) in [5, 5.41) is 160. The summed E-state index contributed by atoms with van der Waals surface area (Å²) in [6, 6.07) is 5.82. The van der Waals surface area contributed by atoms with E-state index in [1.807, 2.05) is 6.92 Å². The standard InChI is InChI=1S/C74H72Cl3N7O28/c1-2-3-10-105-33-22-35-50(41(87)23-33)36-15-30(17-39(77)58(36)89)53-70(101)84-56(71(102)83-55(35)72(103)104)57(88)28-6-8-43(38(76)16-28)109-47-20-31-19-46(59(47)90)108-42-7-4-26(11-37(42)75)12-40-66(97)80-52(68(99)82-54(31)69(100)81-53)29-13-32(86)21-34(14-29)107-45-18-27(51(78)67(98)79-40)5-9-44(45)110-74-65(96)63(94)61(92)49(112-74)25-106-73-64(95)62(93)60(91)48(24-85)111-73/h4-9,11,13-23,40,48-49,51-57,60-65,73-74,85-96H,2-3,10,12,24-25,78H2,1H3,(H,79,98)(H,80,97)(H,81,100)(H,82,99)(H,83,102)(H,84,101)(H,103,104)/t40?,48-,49-,51?,52?,53?,54?,55?,56?,57?,60+,61+,62+,63+,64-,65-,73-,74-/m1/s1. The third kappa shape index (κ3) is 16.1. The number of rotatable bonds is 11. The Morgan fingerprint density at radius 2 is 1.13 bits per heavy atom. The van der Waals surface area contributed by atoms with Gasteiger partial charge < -0.3 is 142 Å². The molecule has 8 aliphatic heterocycles. The van der Waals surface area contributed by atoms with E-state index in [4.69, 9.17) is 78.4 Å². The highest BCUT2D eigenvalue weighted by Crippen LogP contribution is 2.50. The lowest BCUT2D eigenvalue weighted by Gasteiger charge is -2.42. The number of aliphatic hydroxyl groups is 8. The number of nitrogens with two attached hydrogens (primary N) is 1. The lowest BCUT2D eigenvalue weighted by molar-refractivity contribution is -0.323. The normalized spacial score (nSPS) is 27.9. The Labute approximate surface area is 647 Å². The number of ether oxygens (including phenoxy) is 8. The number of hydrogen-bond donors (Lipinski definition) is 20. The van der Waals surface area contributed by atoms with Crippen molar-refractivity contribution >= 4 is 76.2 Å². The second-order valence-electron chi connectivity index (χ2n) is 27.0. The summed E-state index contributed by atoms with van der Waals surface area (Å²) in [7, 11) is 0. The fourth-order valence-electron chi connectivity index (χ4n) is 13.4. The van der Waals surface area contributed by atoms with E-state index >= 15 is 24.0 Å². The Morgan fingerprint density at radius 3 is 1.79 bits per heavy atom. The monoisotopic (exact) mass is 1610 g/mol. The molecule has 0 aliphatic carbocycles. The second kappa shape index (κ2) is 32.6. The highest BCUT2D eigenvalue weighted by molar-refractivity contribution is 6.33. The molecule has 2 fully saturated rings. The molecule has 8 unspecified atom stereocenters. The highest BCUT2D eigenvalue weighted by Gasteiger charge is 2.49. The van der Waals surface area contributed by atoms with Gasteiger partial charge in [0, 0.05) is 35.2 Å². The van der Waals surface area contributed by atoms with Gasteiger partial charge in [-0.1, -0.05) is 66.3 Å². The molecule has 15 rings (SSSR count). The fraction of sp³-hybridized carbons (Fsp3) is 0.338. The van der Waals surface area contributed by atoms with Gasteiger partial charge in [-0.2, -0.15) is 0 Å². The highest BCUT2D eigenvalue weighted by atomic mass is 35.5. The van der Waals surface area contributed by atoms with E-state index in [1.165, 1.54) is 36.4 Å². The minimum atomic E-state index is -2.31. The van der Waals surface area contributed by atoms with Gasteiger partial charge in [-0.05, 0) is 119 Å². The number of aromatic hydroxyl groups is 4. The van der Waals surface area contributed by atoms with Gasteiger partial charge in [0.05, 0.1) is 34.9 Å². The zero-order valence-corrected chi connectivity index (χ0v) is 60.4. The summed E-state index contributed by atoms with van der Waals surface area (Å²) in [5.41, 5.74) is 3.95. The molecule has 35 nitrogen and oxygen atoms in total. The number of aliphatic carboxylic acids is 1. The Kier molecular flexibility index (Phi) is 23.2. The first-order chi connectivity index (χ1) is 53.4. The molecular formula is C74H72Cl3N7O28. The maximum absolute atomic E-state index is 16.1. The van der Waals surface area contributed by atoms with Crippen molar-refractivity contribution < 1.29 is 138 Å². The molecule has 21 N–H and O–H groups in total. The maximum atomic E-state index is 16.1. The van der Waals surface area contributed by atoms with Gasteiger partial charge in [-0.15, -0.1) is 0 Å². The van der Waals surface area contributed by atoms with Crippen LogP contribution >= 0.6 is 34.8 Å². The van der Waals surface area contributed by atoms with E-state index in [2.05, 4.69) is 31.9 Å². The van der Waals surface area contributed by atoms with Crippen LogP contribution in [-0.4, -0.2) is 201 Å². The van der Waals surface area contributed by atoms with Gasteiger partial charge in [0.2, 0.25) is 47.5 Å². The van der Waals surface area contributed by atoms with Gasteiger partial charge in [-0.3, -0.25) is 28.8 Å². The first kappa shape index (κ1) is 79.5. The molecule has 8 aliphatic rings. The van der Waals surface area contributed by atoms with E-state index in [0.717, 1.165) is 72.8 Å². The van der Waals surface area contributed by atoms with Crippen molar-refractivity contribution in [2.24, 2.45) is 5.73 Å². The molecule has 0 radical (unpaired) electrons. The molecule has 112 heavy (non-hydrogen) atoms. The third-order valence-electron chi connectivity index (χ3n) is 19.4. The summed E-state index contributed by atoms with van der Waals surface area (Å²) >= 11 is 20.7. The fourth-order valence-corrected chi connectivity index (χ4v) is 14.1. The van der Waals surface area contributed by atoms with Gasteiger partial charge >= 0.3 is 5.97 Å². The van der Waals surface area contributed by atoms with Crippen LogP contribution in [0.15, 0.2) is 109 Å². The van der Waals surface area contributed by atoms with Crippen LogP contribution in [0.1, 0.15) is 95.0 Å². The molecule has 8 heterocycles. The van der Waals surface area contributed by atoms with E-state index in [9.17, 15) is 76.0 Å². The van der Waals surface area contributed by atoms with E-state index in [-0.39, 0.29) is 56.2 Å². The predicted molar refractivity (Wildman–Crippen MR) is 384 cm³/mol. The molecule has 0 spiro atoms. The average Bonchev–Trinajstić information content (AvgIpc) is 0.751. The van der Waals surface area contributed by atoms with Crippen LogP contribution in [0.3, 0.4) is 0 Å². The number of benzene rings is 7. The number of amides is 6. The average molecular weight is 1610 g/mol. The lowest BCUT2D eigenvalue weighted by atomic mass is 9.89. The van der Waals surface area contributed by atoms with Crippen LogP contribution in [0.5, 0.6) is 69.0 Å². The summed E-state index contributed by atoms with van der Waals surface area (Å²) in [6.45, 7) is 0.333. The third-order valence-corrected chi connectivity index (χ3v) is 20.3. The van der Waals surface area contributed by atoms with Crippen molar-refractivity contribution in [2.75, 3.05) is 19.8 Å². The number of phenols is 4. The number of fused-ring (bicyclic) bond motifs is 14. The minimum Gasteiger partial charge on any atom is -0.508 e. The number of unbranched alkanes of at least 4 members (excludes halogenated alkanes) is 1. The van der Waals surface area contributed by atoms with E-state index in [0.29, 0.717) is 12.8 Å².